The van der Waals surface area contributed by atoms with E-state index in [1.54, 1.807) is 29.1 Å². The van der Waals surface area contributed by atoms with Crippen LogP contribution in [0.25, 0.3) is 0 Å². The molecule has 2 aromatic rings. The van der Waals surface area contributed by atoms with Crippen LogP contribution < -0.4 is 19.3 Å². The van der Waals surface area contributed by atoms with E-state index in [1.807, 2.05) is 0 Å². The topological polar surface area (TPSA) is 50.7 Å². The molecule has 1 aliphatic heterocycles. The molecule has 0 fully saturated rings. The van der Waals surface area contributed by atoms with Crippen molar-refractivity contribution in [1.29, 1.82) is 0 Å². The first-order chi connectivity index (χ1) is 11.9. The van der Waals surface area contributed by atoms with E-state index in [0.29, 0.717) is 44.7 Å². The quantitative estimate of drug-likeness (QED) is 0.546. The third-order valence-electron chi connectivity index (χ3n) is 3.80. The van der Waals surface area contributed by atoms with Crippen LogP contribution in [0.2, 0.25) is 15.3 Å². The number of halogens is 3. The lowest BCUT2D eigenvalue weighted by molar-refractivity contribution is 0.395. The van der Waals surface area contributed by atoms with Crippen LogP contribution in [0.4, 0.5) is 11.5 Å². The highest BCUT2D eigenvalue weighted by atomic mass is 35.5. The third-order valence-corrected chi connectivity index (χ3v) is 5.20. The van der Waals surface area contributed by atoms with Gasteiger partial charge in [-0.2, -0.15) is 4.98 Å². The summed E-state index contributed by atoms with van der Waals surface area (Å²) in [7, 11) is 4.82. The highest BCUT2D eigenvalue weighted by molar-refractivity contribution is 7.80. The largest absolute Gasteiger partial charge is 0.495 e. The Morgan fingerprint density at radius 2 is 1.72 bits per heavy atom. The molecule has 0 unspecified atom stereocenters. The van der Waals surface area contributed by atoms with Crippen molar-refractivity contribution in [1.82, 2.24) is 9.97 Å². The van der Waals surface area contributed by atoms with E-state index in [4.69, 9.17) is 56.5 Å². The number of methoxy groups -OCH3 is 2. The molecule has 2 heterocycles. The standard InChI is InChI=1S/C15H13Cl3N4O2S/c1-21-13-7(5-19-14(18)20-13)6-22(15(21)25)12-10(16)8(23-2)4-9(24-3)11(12)17/h4-5H,6H2,1-3H3. The molecule has 0 atom stereocenters. The van der Waals surface area contributed by atoms with Crippen LogP contribution in [0.3, 0.4) is 0 Å². The van der Waals surface area contributed by atoms with Crippen molar-refractivity contribution in [3.8, 4) is 11.5 Å². The average molecular weight is 420 g/mol. The normalized spacial score (nSPS) is 13.8. The van der Waals surface area contributed by atoms with Gasteiger partial charge in [0.25, 0.3) is 0 Å². The fourth-order valence-electron chi connectivity index (χ4n) is 2.57. The van der Waals surface area contributed by atoms with Gasteiger partial charge in [-0.25, -0.2) is 4.98 Å². The summed E-state index contributed by atoms with van der Waals surface area (Å²) in [5, 5.41) is 1.28. The summed E-state index contributed by atoms with van der Waals surface area (Å²) >= 11 is 24.5. The van der Waals surface area contributed by atoms with Crippen LogP contribution >= 0.6 is 47.0 Å². The molecule has 10 heteroatoms. The SMILES string of the molecule is COc1cc(OC)c(Cl)c(N2Cc3cnc(Cl)nc3N(C)C2=S)c1Cl. The number of thiocarbonyl (C=S) groups is 1. The predicted molar refractivity (Wildman–Crippen MR) is 104 cm³/mol. The summed E-state index contributed by atoms with van der Waals surface area (Å²) in [4.78, 5) is 11.8. The minimum atomic E-state index is 0.154. The Balaban J connectivity index is 2.17. The van der Waals surface area contributed by atoms with Gasteiger partial charge in [-0.1, -0.05) is 23.2 Å². The Morgan fingerprint density at radius 3 is 2.28 bits per heavy atom. The number of fused-ring (bicyclic) bond motifs is 1. The lowest BCUT2D eigenvalue weighted by Crippen LogP contribution is -2.46. The third kappa shape index (κ3) is 3.06. The van der Waals surface area contributed by atoms with Crippen molar-refractivity contribution in [2.24, 2.45) is 0 Å². The van der Waals surface area contributed by atoms with Gasteiger partial charge in [-0.15, -0.1) is 0 Å². The second-order valence-electron chi connectivity index (χ2n) is 5.17. The van der Waals surface area contributed by atoms with Crippen molar-refractivity contribution in [2.75, 3.05) is 31.1 Å². The zero-order valence-corrected chi connectivity index (χ0v) is 16.6. The minimum absolute atomic E-state index is 0.154. The van der Waals surface area contributed by atoms with Gasteiger partial charge < -0.3 is 19.3 Å². The van der Waals surface area contributed by atoms with E-state index < -0.39 is 0 Å². The Hall–Kier alpha value is -1.54. The smallest absolute Gasteiger partial charge is 0.224 e. The number of hydrogen-bond donors (Lipinski definition) is 0. The van der Waals surface area contributed by atoms with E-state index in [0.717, 1.165) is 5.56 Å². The molecule has 132 valence electrons. The monoisotopic (exact) mass is 418 g/mol. The lowest BCUT2D eigenvalue weighted by atomic mass is 10.2. The lowest BCUT2D eigenvalue weighted by Gasteiger charge is -2.37. The maximum atomic E-state index is 6.50. The number of anilines is 2. The fourth-order valence-corrected chi connectivity index (χ4v) is 3.65. The van der Waals surface area contributed by atoms with Gasteiger partial charge in [-0.3, -0.25) is 0 Å². The van der Waals surface area contributed by atoms with Crippen LogP contribution in [0.5, 0.6) is 11.5 Å². The number of nitrogens with zero attached hydrogens (tertiary/aromatic N) is 4. The Bertz CT molecular complexity index is 837. The van der Waals surface area contributed by atoms with Gasteiger partial charge in [0.05, 0.1) is 26.5 Å². The molecule has 0 amide bonds. The predicted octanol–water partition coefficient (Wildman–Crippen LogP) is 4.20. The maximum absolute atomic E-state index is 6.50. The van der Waals surface area contributed by atoms with Crippen LogP contribution in [-0.4, -0.2) is 36.3 Å². The van der Waals surface area contributed by atoms with E-state index in [2.05, 4.69) is 9.97 Å². The average Bonchev–Trinajstić information content (AvgIpc) is 2.60. The first-order valence-electron chi connectivity index (χ1n) is 7.05. The molecule has 1 aromatic carbocycles. The van der Waals surface area contributed by atoms with Crippen molar-refractivity contribution in [3.63, 3.8) is 0 Å². The zero-order valence-electron chi connectivity index (χ0n) is 13.5. The van der Waals surface area contributed by atoms with Gasteiger partial charge >= 0.3 is 0 Å². The molecule has 1 aliphatic rings. The number of ether oxygens (including phenoxy) is 2. The van der Waals surface area contributed by atoms with Crippen molar-refractivity contribution in [2.45, 2.75) is 6.54 Å². The molecule has 3 rings (SSSR count). The van der Waals surface area contributed by atoms with Crippen molar-refractivity contribution in [3.05, 3.63) is 33.2 Å². The van der Waals surface area contributed by atoms with E-state index in [9.17, 15) is 0 Å². The van der Waals surface area contributed by atoms with Crippen molar-refractivity contribution >= 4 is 63.6 Å². The minimum Gasteiger partial charge on any atom is -0.495 e. The van der Waals surface area contributed by atoms with Crippen LogP contribution in [0.15, 0.2) is 12.3 Å². The highest BCUT2D eigenvalue weighted by Gasteiger charge is 2.32. The summed E-state index contributed by atoms with van der Waals surface area (Å²) in [6.07, 6.45) is 1.65. The van der Waals surface area contributed by atoms with Gasteiger partial charge in [0.15, 0.2) is 5.11 Å². The molecule has 0 spiro atoms. The molecular weight excluding hydrogens is 407 g/mol. The molecular formula is C15H13Cl3N4O2S. The molecule has 1 aromatic heterocycles. The fraction of sp³-hybridized carbons (Fsp3) is 0.267. The molecule has 0 radical (unpaired) electrons. The molecule has 6 nitrogen and oxygen atoms in total. The molecule has 0 N–H and O–H groups in total. The summed E-state index contributed by atoms with van der Waals surface area (Å²) < 4.78 is 10.6. The Labute approximate surface area is 165 Å². The molecule has 0 saturated carbocycles. The Kier molecular flexibility index (Phi) is 5.11. The molecule has 25 heavy (non-hydrogen) atoms. The highest BCUT2D eigenvalue weighted by Crippen LogP contribution is 2.47. The summed E-state index contributed by atoms with van der Waals surface area (Å²) in [6.45, 7) is 0.380. The second kappa shape index (κ2) is 6.99. The van der Waals surface area contributed by atoms with E-state index in [1.165, 1.54) is 14.2 Å². The first kappa shape index (κ1) is 18.3. The van der Waals surface area contributed by atoms with Gasteiger partial charge in [0.1, 0.15) is 27.4 Å². The zero-order chi connectivity index (χ0) is 18.3. The Morgan fingerprint density at radius 1 is 1.12 bits per heavy atom. The first-order valence-corrected chi connectivity index (χ1v) is 8.59. The van der Waals surface area contributed by atoms with Crippen LogP contribution in [0, 0.1) is 0 Å². The number of benzene rings is 1. The van der Waals surface area contributed by atoms with Crippen molar-refractivity contribution < 1.29 is 9.47 Å². The van der Waals surface area contributed by atoms with Gasteiger partial charge in [0.2, 0.25) is 5.28 Å². The van der Waals surface area contributed by atoms with Gasteiger partial charge in [-0.05, 0) is 23.8 Å². The summed E-state index contributed by atoms with van der Waals surface area (Å²) in [5.41, 5.74) is 1.33. The number of hydrogen-bond acceptors (Lipinski definition) is 5. The van der Waals surface area contributed by atoms with E-state index >= 15 is 0 Å². The van der Waals surface area contributed by atoms with E-state index in [-0.39, 0.29) is 5.28 Å². The second-order valence-corrected chi connectivity index (χ2v) is 6.63. The van der Waals surface area contributed by atoms with Gasteiger partial charge in [0, 0.05) is 24.9 Å². The molecule has 0 saturated heterocycles. The number of aromatic nitrogens is 2. The maximum Gasteiger partial charge on any atom is 0.224 e. The summed E-state index contributed by atoms with van der Waals surface area (Å²) in [6, 6.07) is 1.63. The summed E-state index contributed by atoms with van der Waals surface area (Å²) in [5.74, 6) is 1.51. The number of rotatable bonds is 3. The molecule has 0 bridgehead atoms. The van der Waals surface area contributed by atoms with Crippen LogP contribution in [0.1, 0.15) is 5.56 Å². The molecule has 0 aliphatic carbocycles. The van der Waals surface area contributed by atoms with Crippen LogP contribution in [-0.2, 0) is 6.54 Å².